The second kappa shape index (κ2) is 7.30. The van der Waals surface area contributed by atoms with Gasteiger partial charge in [-0.1, -0.05) is 0 Å². The molecule has 0 atom stereocenters. The Kier molecular flexibility index (Phi) is 6.04. The number of carboxylic acid groups (broad SMARTS) is 1. The lowest BCUT2D eigenvalue weighted by atomic mass is 9.77. The lowest BCUT2D eigenvalue weighted by Crippen LogP contribution is -2.62. The lowest BCUT2D eigenvalue weighted by molar-refractivity contribution is -0.148. The van der Waals surface area contributed by atoms with Gasteiger partial charge < -0.3 is 24.8 Å². The summed E-state index contributed by atoms with van der Waals surface area (Å²) in [4.78, 5) is 24.8. The molecule has 19 heavy (non-hydrogen) atoms. The highest BCUT2D eigenvalue weighted by molar-refractivity contribution is 5.87. The molecule has 2 N–H and O–H groups in total. The third kappa shape index (κ3) is 4.07. The molecule has 7 nitrogen and oxygen atoms in total. The molecule has 0 radical (unpaired) electrons. The highest BCUT2D eigenvalue weighted by atomic mass is 16.5. The highest BCUT2D eigenvalue weighted by Crippen LogP contribution is 2.32. The van der Waals surface area contributed by atoms with Gasteiger partial charge in [0.1, 0.15) is 5.54 Å². The van der Waals surface area contributed by atoms with Crippen molar-refractivity contribution < 1.29 is 24.2 Å². The molecular formula is C12H22N2O5. The summed E-state index contributed by atoms with van der Waals surface area (Å²) in [5.74, 6) is -0.967. The maximum absolute atomic E-state index is 12.1. The van der Waals surface area contributed by atoms with Crippen LogP contribution in [0.3, 0.4) is 0 Å². The van der Waals surface area contributed by atoms with Crippen molar-refractivity contribution in [3.05, 3.63) is 0 Å². The minimum atomic E-state index is -1.09. The number of nitrogens with zero attached hydrogens (tertiary/aromatic N) is 1. The molecule has 0 heterocycles. The van der Waals surface area contributed by atoms with Gasteiger partial charge >= 0.3 is 12.0 Å². The molecule has 1 rings (SSSR count). The zero-order valence-corrected chi connectivity index (χ0v) is 11.5. The summed E-state index contributed by atoms with van der Waals surface area (Å²) in [7, 11) is 3.11. The number of methoxy groups -OCH3 is 2. The fourth-order valence-corrected chi connectivity index (χ4v) is 1.92. The Morgan fingerprint density at radius 1 is 1.21 bits per heavy atom. The fraction of sp³-hybridized carbons (Fsp3) is 0.833. The molecule has 110 valence electrons. The fourth-order valence-electron chi connectivity index (χ4n) is 1.92. The number of carbonyl (C=O) groups is 2. The zero-order valence-electron chi connectivity index (χ0n) is 11.5. The van der Waals surface area contributed by atoms with Crippen molar-refractivity contribution in [3.8, 4) is 0 Å². The van der Waals surface area contributed by atoms with E-state index >= 15 is 0 Å². The van der Waals surface area contributed by atoms with Crippen molar-refractivity contribution in [1.29, 1.82) is 0 Å². The van der Waals surface area contributed by atoms with E-state index in [1.165, 1.54) is 4.90 Å². The topological polar surface area (TPSA) is 88.1 Å². The first-order valence-electron chi connectivity index (χ1n) is 6.34. The van der Waals surface area contributed by atoms with Crippen molar-refractivity contribution in [2.24, 2.45) is 0 Å². The van der Waals surface area contributed by atoms with E-state index in [1.807, 2.05) is 0 Å². The van der Waals surface area contributed by atoms with Gasteiger partial charge in [0.05, 0.1) is 13.2 Å². The number of urea groups is 1. The minimum absolute atomic E-state index is 0.379. The maximum Gasteiger partial charge on any atom is 0.329 e. The van der Waals surface area contributed by atoms with Gasteiger partial charge in [0.2, 0.25) is 0 Å². The number of rotatable bonds is 8. The Hall–Kier alpha value is -1.34. The molecule has 0 aromatic heterocycles. The number of hydrogen-bond donors (Lipinski definition) is 2. The van der Waals surface area contributed by atoms with Crippen LogP contribution in [-0.4, -0.2) is 68.1 Å². The van der Waals surface area contributed by atoms with E-state index < -0.39 is 11.5 Å². The van der Waals surface area contributed by atoms with Crippen LogP contribution in [0.1, 0.15) is 19.3 Å². The summed E-state index contributed by atoms with van der Waals surface area (Å²) >= 11 is 0. The molecule has 1 saturated carbocycles. The second-order valence-electron chi connectivity index (χ2n) is 4.64. The molecule has 0 saturated heterocycles. The monoisotopic (exact) mass is 274 g/mol. The number of amides is 2. The van der Waals surface area contributed by atoms with Crippen molar-refractivity contribution >= 4 is 12.0 Å². The van der Waals surface area contributed by atoms with Crippen LogP contribution in [-0.2, 0) is 14.3 Å². The summed E-state index contributed by atoms with van der Waals surface area (Å²) in [6.45, 7) is 1.61. The summed E-state index contributed by atoms with van der Waals surface area (Å²) in [6, 6.07) is -0.379. The van der Waals surface area contributed by atoms with Crippen molar-refractivity contribution in [1.82, 2.24) is 10.2 Å². The van der Waals surface area contributed by atoms with Crippen LogP contribution in [0.2, 0.25) is 0 Å². The van der Waals surface area contributed by atoms with Crippen LogP contribution >= 0.6 is 0 Å². The molecule has 0 spiro atoms. The first kappa shape index (κ1) is 15.7. The standard InChI is InChI=1S/C12H22N2O5/c1-18-8-6-14(7-9-19-2)11(17)13-12(10(15)16)4-3-5-12/h3-9H2,1-2H3,(H,13,17)(H,15,16). The van der Waals surface area contributed by atoms with Crippen molar-refractivity contribution in [3.63, 3.8) is 0 Å². The van der Waals surface area contributed by atoms with Gasteiger partial charge in [-0.15, -0.1) is 0 Å². The van der Waals surface area contributed by atoms with E-state index in [2.05, 4.69) is 5.32 Å². The van der Waals surface area contributed by atoms with E-state index in [0.29, 0.717) is 39.1 Å². The summed E-state index contributed by atoms with van der Waals surface area (Å²) in [5, 5.41) is 11.8. The Labute approximate surface area is 112 Å². The van der Waals surface area contributed by atoms with Gasteiger partial charge in [-0.3, -0.25) is 0 Å². The van der Waals surface area contributed by atoms with Crippen LogP contribution in [0.15, 0.2) is 0 Å². The Morgan fingerprint density at radius 2 is 1.74 bits per heavy atom. The molecule has 1 fully saturated rings. The van der Waals surface area contributed by atoms with Crippen molar-refractivity contribution in [2.45, 2.75) is 24.8 Å². The smallest absolute Gasteiger partial charge is 0.329 e. The molecule has 0 aliphatic heterocycles. The first-order valence-corrected chi connectivity index (χ1v) is 6.34. The van der Waals surface area contributed by atoms with E-state index in [0.717, 1.165) is 6.42 Å². The van der Waals surface area contributed by atoms with Gasteiger partial charge in [-0.25, -0.2) is 9.59 Å². The van der Waals surface area contributed by atoms with Gasteiger partial charge in [0.15, 0.2) is 0 Å². The Morgan fingerprint density at radius 3 is 2.05 bits per heavy atom. The Balaban J connectivity index is 2.57. The molecule has 0 aromatic rings. The normalized spacial score (nSPS) is 16.5. The van der Waals surface area contributed by atoms with Gasteiger partial charge in [0.25, 0.3) is 0 Å². The van der Waals surface area contributed by atoms with E-state index in [4.69, 9.17) is 9.47 Å². The summed E-state index contributed by atoms with van der Waals surface area (Å²) < 4.78 is 9.88. The first-order chi connectivity index (χ1) is 9.05. The number of carboxylic acids is 1. The van der Waals surface area contributed by atoms with Gasteiger partial charge in [-0.05, 0) is 19.3 Å². The molecule has 7 heteroatoms. The molecule has 1 aliphatic carbocycles. The average molecular weight is 274 g/mol. The van der Waals surface area contributed by atoms with Gasteiger partial charge in [0, 0.05) is 27.3 Å². The van der Waals surface area contributed by atoms with E-state index in [1.54, 1.807) is 14.2 Å². The highest BCUT2D eigenvalue weighted by Gasteiger charge is 2.46. The van der Waals surface area contributed by atoms with Crippen LogP contribution in [0.25, 0.3) is 0 Å². The largest absolute Gasteiger partial charge is 0.480 e. The number of hydrogen-bond acceptors (Lipinski definition) is 4. The second-order valence-corrected chi connectivity index (χ2v) is 4.64. The molecule has 1 aliphatic rings. The Bertz CT molecular complexity index is 309. The third-order valence-corrected chi connectivity index (χ3v) is 3.38. The maximum atomic E-state index is 12.1. The summed E-state index contributed by atoms with van der Waals surface area (Å²) in [6.07, 6.45) is 1.79. The number of aliphatic carboxylic acids is 1. The zero-order chi connectivity index (χ0) is 14.3. The molecule has 2 amide bonds. The predicted molar refractivity (Wildman–Crippen MR) is 68.1 cm³/mol. The number of carbonyl (C=O) groups excluding carboxylic acids is 1. The van der Waals surface area contributed by atoms with Crippen LogP contribution in [0.5, 0.6) is 0 Å². The quantitative estimate of drug-likeness (QED) is 0.664. The van der Waals surface area contributed by atoms with Crippen molar-refractivity contribution in [2.75, 3.05) is 40.5 Å². The molecule has 0 aromatic carbocycles. The minimum Gasteiger partial charge on any atom is -0.480 e. The molecular weight excluding hydrogens is 252 g/mol. The van der Waals surface area contributed by atoms with Crippen LogP contribution in [0.4, 0.5) is 4.79 Å². The van der Waals surface area contributed by atoms with Crippen LogP contribution in [0, 0.1) is 0 Å². The van der Waals surface area contributed by atoms with Crippen LogP contribution < -0.4 is 5.32 Å². The van der Waals surface area contributed by atoms with Gasteiger partial charge in [-0.2, -0.15) is 0 Å². The lowest BCUT2D eigenvalue weighted by Gasteiger charge is -2.39. The van der Waals surface area contributed by atoms with E-state index in [-0.39, 0.29) is 6.03 Å². The average Bonchev–Trinajstić information content (AvgIpc) is 2.33. The third-order valence-electron chi connectivity index (χ3n) is 3.38. The summed E-state index contributed by atoms with van der Waals surface area (Å²) in [5.41, 5.74) is -1.09. The number of nitrogens with one attached hydrogen (secondary N) is 1. The predicted octanol–water partition coefficient (Wildman–Crippen LogP) is 0.298. The SMILES string of the molecule is COCCN(CCOC)C(=O)NC1(C(=O)O)CCC1. The molecule has 0 bridgehead atoms. The number of ether oxygens (including phenoxy) is 2. The molecule has 0 unspecified atom stereocenters. The van der Waals surface area contributed by atoms with E-state index in [9.17, 15) is 14.7 Å².